The van der Waals surface area contributed by atoms with Crippen LogP contribution in [-0.2, 0) is 32.9 Å². The molecule has 0 amide bonds. The molecule has 0 bridgehead atoms. The predicted molar refractivity (Wildman–Crippen MR) is 139 cm³/mol. The molecule has 34 heavy (non-hydrogen) atoms. The summed E-state index contributed by atoms with van der Waals surface area (Å²) in [6.45, 7) is 0.319. The lowest BCUT2D eigenvalue weighted by atomic mass is 10.2. The van der Waals surface area contributed by atoms with Crippen LogP contribution in [0, 0.1) is 0 Å². The van der Waals surface area contributed by atoms with Crippen LogP contribution in [0.15, 0.2) is 85.5 Å². The van der Waals surface area contributed by atoms with Gasteiger partial charge in [0.1, 0.15) is 10.6 Å². The van der Waals surface area contributed by atoms with Crippen LogP contribution in [-0.4, -0.2) is 37.0 Å². The molecule has 2 N–H and O–H groups in total. The summed E-state index contributed by atoms with van der Waals surface area (Å²) in [6, 6.07) is 18.9. The van der Waals surface area contributed by atoms with E-state index in [4.69, 9.17) is 4.74 Å². The molecule has 0 saturated heterocycles. The number of hydrogen-bond acceptors (Lipinski definition) is 5. The molecular formula is C23H24Br2N2O5S2. The van der Waals surface area contributed by atoms with E-state index in [2.05, 4.69) is 41.3 Å². The van der Waals surface area contributed by atoms with E-state index in [1.807, 2.05) is 48.5 Å². The molecule has 0 aliphatic rings. The summed E-state index contributed by atoms with van der Waals surface area (Å²) in [5.74, 6) is 0.0601. The average molecular weight is 632 g/mol. The number of hydrogen-bond donors (Lipinski definition) is 2. The van der Waals surface area contributed by atoms with Gasteiger partial charge in [-0.25, -0.2) is 26.3 Å². The maximum atomic E-state index is 12.9. The number of benzene rings is 3. The highest BCUT2D eigenvalue weighted by Gasteiger charge is 2.23. The summed E-state index contributed by atoms with van der Waals surface area (Å²) >= 11 is 6.73. The van der Waals surface area contributed by atoms with E-state index in [0.29, 0.717) is 12.8 Å². The number of sulfonamides is 2. The molecule has 0 radical (unpaired) electrons. The van der Waals surface area contributed by atoms with E-state index >= 15 is 0 Å². The summed E-state index contributed by atoms with van der Waals surface area (Å²) in [5, 5.41) is 0. The van der Waals surface area contributed by atoms with Crippen LogP contribution >= 0.6 is 31.9 Å². The molecule has 3 aromatic carbocycles. The third-order valence-electron chi connectivity index (χ3n) is 4.97. The summed E-state index contributed by atoms with van der Waals surface area (Å²) in [5.41, 5.74) is 1.93. The van der Waals surface area contributed by atoms with Crippen LogP contribution in [0.1, 0.15) is 11.1 Å². The Kier molecular flexibility index (Phi) is 9.30. The standard InChI is InChI=1S/C23H24Br2N2O5S2/c1-32-22-11-10-21(33(28,29)26-14-12-17-2-6-19(24)7-3-17)16-23(22)34(30,31)27-15-13-18-4-8-20(25)9-5-18/h2-11,16,26-27H,12-15H2,1H3. The van der Waals surface area contributed by atoms with Crippen LogP contribution in [0.3, 0.4) is 0 Å². The first-order chi connectivity index (χ1) is 16.1. The van der Waals surface area contributed by atoms with Gasteiger partial charge in [0.15, 0.2) is 0 Å². The third kappa shape index (κ3) is 7.37. The van der Waals surface area contributed by atoms with Gasteiger partial charge in [-0.3, -0.25) is 0 Å². The lowest BCUT2D eigenvalue weighted by Crippen LogP contribution is -2.28. The molecule has 0 heterocycles. The van der Waals surface area contributed by atoms with Gasteiger partial charge in [0, 0.05) is 22.0 Å². The van der Waals surface area contributed by atoms with Crippen LogP contribution < -0.4 is 14.2 Å². The third-order valence-corrected chi connectivity index (χ3v) is 8.97. The quantitative estimate of drug-likeness (QED) is 0.329. The van der Waals surface area contributed by atoms with Gasteiger partial charge in [0.2, 0.25) is 20.0 Å². The van der Waals surface area contributed by atoms with Gasteiger partial charge in [-0.1, -0.05) is 56.1 Å². The number of halogens is 2. The Morgan fingerprint density at radius 3 is 1.65 bits per heavy atom. The van der Waals surface area contributed by atoms with Crippen LogP contribution in [0.5, 0.6) is 5.75 Å². The number of ether oxygens (including phenoxy) is 1. The second-order valence-corrected chi connectivity index (χ2v) is 12.7. The fourth-order valence-corrected chi connectivity index (χ4v) is 6.04. The Morgan fingerprint density at radius 2 is 1.18 bits per heavy atom. The Labute approximate surface area is 217 Å². The van der Waals surface area contributed by atoms with E-state index < -0.39 is 20.0 Å². The van der Waals surface area contributed by atoms with Gasteiger partial charge in [-0.2, -0.15) is 0 Å². The van der Waals surface area contributed by atoms with Crippen molar-refractivity contribution in [3.8, 4) is 5.75 Å². The summed E-state index contributed by atoms with van der Waals surface area (Å²) in [7, 11) is -6.60. The van der Waals surface area contributed by atoms with Crippen molar-refractivity contribution in [3.63, 3.8) is 0 Å². The summed E-state index contributed by atoms with van der Waals surface area (Å²) < 4.78 is 63.6. The van der Waals surface area contributed by atoms with Crippen molar-refractivity contribution in [2.45, 2.75) is 22.6 Å². The van der Waals surface area contributed by atoms with Crippen molar-refractivity contribution >= 4 is 51.9 Å². The minimum atomic E-state index is -4.01. The highest BCUT2D eigenvalue weighted by Crippen LogP contribution is 2.27. The lowest BCUT2D eigenvalue weighted by Gasteiger charge is -2.13. The van der Waals surface area contributed by atoms with Gasteiger partial charge in [0.05, 0.1) is 12.0 Å². The maximum Gasteiger partial charge on any atom is 0.244 e. The lowest BCUT2D eigenvalue weighted by molar-refractivity contribution is 0.401. The van der Waals surface area contributed by atoms with Gasteiger partial charge >= 0.3 is 0 Å². The largest absolute Gasteiger partial charge is 0.495 e. The molecule has 182 valence electrons. The molecule has 7 nitrogen and oxygen atoms in total. The van der Waals surface area contributed by atoms with E-state index in [-0.39, 0.29) is 28.6 Å². The predicted octanol–water partition coefficient (Wildman–Crippen LogP) is 4.26. The summed E-state index contributed by atoms with van der Waals surface area (Å²) in [6.07, 6.45) is 0.968. The van der Waals surface area contributed by atoms with Crippen molar-refractivity contribution in [2.24, 2.45) is 0 Å². The molecule has 0 aromatic heterocycles. The van der Waals surface area contributed by atoms with Crippen LogP contribution in [0.2, 0.25) is 0 Å². The molecule has 3 aromatic rings. The fourth-order valence-electron chi connectivity index (χ4n) is 3.16. The normalized spacial score (nSPS) is 12.0. The Morgan fingerprint density at radius 1 is 0.706 bits per heavy atom. The van der Waals surface area contributed by atoms with Crippen LogP contribution in [0.4, 0.5) is 0 Å². The zero-order valence-corrected chi connectivity index (χ0v) is 23.1. The first kappa shape index (κ1) is 26.8. The van der Waals surface area contributed by atoms with Gasteiger partial charge in [0.25, 0.3) is 0 Å². The monoisotopic (exact) mass is 630 g/mol. The van der Waals surface area contributed by atoms with Crippen molar-refractivity contribution < 1.29 is 21.6 Å². The number of rotatable bonds is 11. The minimum Gasteiger partial charge on any atom is -0.495 e. The molecule has 0 fully saturated rings. The Balaban J connectivity index is 1.71. The SMILES string of the molecule is COc1ccc(S(=O)(=O)NCCc2ccc(Br)cc2)cc1S(=O)(=O)NCCc1ccc(Br)cc1. The topological polar surface area (TPSA) is 102 Å². The van der Waals surface area contributed by atoms with Crippen molar-refractivity contribution in [2.75, 3.05) is 20.2 Å². The van der Waals surface area contributed by atoms with Crippen LogP contribution in [0.25, 0.3) is 0 Å². The molecule has 3 rings (SSSR count). The van der Waals surface area contributed by atoms with E-state index in [9.17, 15) is 16.8 Å². The molecule has 0 atom stereocenters. The van der Waals surface area contributed by atoms with E-state index in [1.54, 1.807) is 0 Å². The Bertz CT molecular complexity index is 1330. The fraction of sp³-hybridized carbons (Fsp3) is 0.217. The van der Waals surface area contributed by atoms with Gasteiger partial charge in [-0.15, -0.1) is 0 Å². The maximum absolute atomic E-state index is 12.9. The minimum absolute atomic E-state index is 0.0601. The first-order valence-corrected chi connectivity index (χ1v) is 14.8. The molecule has 0 spiro atoms. The zero-order chi connectivity index (χ0) is 24.8. The molecular weight excluding hydrogens is 608 g/mol. The van der Waals surface area contributed by atoms with E-state index in [0.717, 1.165) is 26.1 Å². The van der Waals surface area contributed by atoms with E-state index in [1.165, 1.54) is 19.2 Å². The molecule has 0 unspecified atom stereocenters. The smallest absolute Gasteiger partial charge is 0.244 e. The molecule has 0 saturated carbocycles. The van der Waals surface area contributed by atoms with Gasteiger partial charge < -0.3 is 4.74 Å². The second kappa shape index (κ2) is 11.8. The number of methoxy groups -OCH3 is 1. The number of nitrogens with one attached hydrogen (secondary N) is 2. The Hall–Kier alpha value is -1.76. The highest BCUT2D eigenvalue weighted by molar-refractivity contribution is 9.10. The van der Waals surface area contributed by atoms with Crippen molar-refractivity contribution in [1.29, 1.82) is 0 Å². The highest BCUT2D eigenvalue weighted by atomic mass is 79.9. The molecule has 0 aliphatic heterocycles. The summed E-state index contributed by atoms with van der Waals surface area (Å²) in [4.78, 5) is -0.390. The molecule has 0 aliphatic carbocycles. The molecule has 11 heteroatoms. The van der Waals surface area contributed by atoms with Crippen molar-refractivity contribution in [1.82, 2.24) is 9.44 Å². The second-order valence-electron chi connectivity index (χ2n) is 7.36. The first-order valence-electron chi connectivity index (χ1n) is 10.3. The van der Waals surface area contributed by atoms with Crippen molar-refractivity contribution in [3.05, 3.63) is 86.8 Å². The average Bonchev–Trinajstić information content (AvgIpc) is 2.81. The van der Waals surface area contributed by atoms with Gasteiger partial charge in [-0.05, 0) is 66.4 Å². The zero-order valence-electron chi connectivity index (χ0n) is 18.3.